The van der Waals surface area contributed by atoms with Crippen molar-refractivity contribution in [3.05, 3.63) is 29.6 Å². The van der Waals surface area contributed by atoms with Gasteiger partial charge in [-0.3, -0.25) is 4.79 Å². The highest BCUT2D eigenvalue weighted by molar-refractivity contribution is 7.99. The summed E-state index contributed by atoms with van der Waals surface area (Å²) in [6, 6.07) is 5.19. The third kappa shape index (κ3) is 4.45. The Balaban J connectivity index is 2.01. The molecule has 0 spiro atoms. The molecular weight excluding hydrogens is 289 g/mol. The van der Waals surface area contributed by atoms with Crippen LogP contribution in [0.25, 0.3) is 0 Å². The zero-order chi connectivity index (χ0) is 15.3. The van der Waals surface area contributed by atoms with E-state index in [1.807, 2.05) is 13.0 Å². The quantitative estimate of drug-likeness (QED) is 0.590. The second kappa shape index (κ2) is 7.27. The summed E-state index contributed by atoms with van der Waals surface area (Å²) in [5.41, 5.74) is 0.992. The predicted molar refractivity (Wildman–Crippen MR) is 82.8 cm³/mol. The Labute approximate surface area is 129 Å². The number of carbonyl (C=O) groups is 1. The van der Waals surface area contributed by atoms with E-state index in [9.17, 15) is 9.18 Å². The molecule has 3 nitrogen and oxygen atoms in total. The SMILES string of the molecule is CCNCc1cccc(F)c1SCC1(CC(=O)OC)CC1. The molecule has 1 aromatic rings. The maximum atomic E-state index is 14.1. The first-order valence-corrected chi connectivity index (χ1v) is 8.26. The summed E-state index contributed by atoms with van der Waals surface area (Å²) in [4.78, 5) is 12.1. The lowest BCUT2D eigenvalue weighted by Crippen LogP contribution is -2.15. The number of methoxy groups -OCH3 is 1. The van der Waals surface area contributed by atoms with Crippen LogP contribution in [0.4, 0.5) is 4.39 Å². The maximum absolute atomic E-state index is 14.1. The third-order valence-electron chi connectivity index (χ3n) is 3.84. The number of ether oxygens (including phenoxy) is 1. The van der Waals surface area contributed by atoms with Gasteiger partial charge in [0, 0.05) is 17.2 Å². The fraction of sp³-hybridized carbons (Fsp3) is 0.562. The van der Waals surface area contributed by atoms with E-state index in [4.69, 9.17) is 4.74 Å². The standard InChI is InChI=1S/C16H22FNO2S/c1-3-18-10-12-5-4-6-13(17)15(12)21-11-16(7-8-16)9-14(19)20-2/h4-6,18H,3,7-11H2,1-2H3. The molecule has 0 aromatic heterocycles. The fourth-order valence-electron chi connectivity index (χ4n) is 2.27. The molecule has 0 atom stereocenters. The lowest BCUT2D eigenvalue weighted by atomic mass is 10.1. The molecule has 0 bridgehead atoms. The molecule has 0 amide bonds. The summed E-state index contributed by atoms with van der Waals surface area (Å²) < 4.78 is 18.8. The monoisotopic (exact) mass is 311 g/mol. The Bertz CT molecular complexity index is 503. The molecule has 0 unspecified atom stereocenters. The molecule has 1 saturated carbocycles. The smallest absolute Gasteiger partial charge is 0.306 e. The molecule has 116 valence electrons. The number of nitrogens with one attached hydrogen (secondary N) is 1. The van der Waals surface area contributed by atoms with Crippen LogP contribution in [-0.4, -0.2) is 25.4 Å². The molecule has 1 aromatic carbocycles. The van der Waals surface area contributed by atoms with E-state index in [0.717, 1.165) is 30.7 Å². The lowest BCUT2D eigenvalue weighted by molar-refractivity contribution is -0.141. The van der Waals surface area contributed by atoms with Gasteiger partial charge in [0.25, 0.3) is 0 Å². The summed E-state index contributed by atoms with van der Waals surface area (Å²) in [5.74, 6) is 0.418. The van der Waals surface area contributed by atoms with Crippen molar-refractivity contribution in [1.29, 1.82) is 0 Å². The highest BCUT2D eigenvalue weighted by Gasteiger charge is 2.44. The van der Waals surface area contributed by atoms with E-state index in [-0.39, 0.29) is 17.2 Å². The molecule has 0 heterocycles. The van der Waals surface area contributed by atoms with Crippen LogP contribution in [0.5, 0.6) is 0 Å². The van der Waals surface area contributed by atoms with Crippen LogP contribution in [-0.2, 0) is 16.1 Å². The molecule has 5 heteroatoms. The molecule has 1 N–H and O–H groups in total. The van der Waals surface area contributed by atoms with Crippen LogP contribution in [0, 0.1) is 11.2 Å². The number of rotatable bonds is 8. The Morgan fingerprint density at radius 1 is 1.48 bits per heavy atom. The van der Waals surface area contributed by atoms with Crippen LogP contribution in [0.15, 0.2) is 23.1 Å². The number of halogens is 1. The van der Waals surface area contributed by atoms with Crippen molar-refractivity contribution < 1.29 is 13.9 Å². The van der Waals surface area contributed by atoms with Gasteiger partial charge in [-0.2, -0.15) is 0 Å². The number of esters is 1. The van der Waals surface area contributed by atoms with Gasteiger partial charge in [0.15, 0.2) is 0 Å². The second-order valence-corrected chi connectivity index (χ2v) is 6.54. The summed E-state index contributed by atoms with van der Waals surface area (Å²) in [6.45, 7) is 3.55. The summed E-state index contributed by atoms with van der Waals surface area (Å²) in [5, 5.41) is 3.23. The third-order valence-corrected chi connectivity index (χ3v) is 5.34. The van der Waals surface area contributed by atoms with Crippen molar-refractivity contribution in [1.82, 2.24) is 5.32 Å². The maximum Gasteiger partial charge on any atom is 0.306 e. The van der Waals surface area contributed by atoms with Gasteiger partial charge in [-0.25, -0.2) is 4.39 Å². The van der Waals surface area contributed by atoms with Gasteiger partial charge in [-0.15, -0.1) is 11.8 Å². The van der Waals surface area contributed by atoms with Crippen molar-refractivity contribution in [2.75, 3.05) is 19.4 Å². The molecular formula is C16H22FNO2S. The molecule has 0 saturated heterocycles. The van der Waals surface area contributed by atoms with E-state index in [1.54, 1.807) is 6.07 Å². The molecule has 1 aliphatic rings. The van der Waals surface area contributed by atoms with Crippen molar-refractivity contribution in [3.63, 3.8) is 0 Å². The fourth-order valence-corrected chi connectivity index (χ4v) is 3.64. The molecule has 1 fully saturated rings. The average Bonchev–Trinajstić information content (AvgIpc) is 3.23. The highest BCUT2D eigenvalue weighted by Crippen LogP contribution is 2.52. The van der Waals surface area contributed by atoms with Crippen molar-refractivity contribution in [2.24, 2.45) is 5.41 Å². The minimum absolute atomic E-state index is 0.00942. The van der Waals surface area contributed by atoms with E-state index in [0.29, 0.717) is 17.9 Å². The van der Waals surface area contributed by atoms with Crippen molar-refractivity contribution in [2.45, 2.75) is 37.6 Å². The van der Waals surface area contributed by atoms with E-state index in [1.165, 1.54) is 24.9 Å². The number of hydrogen-bond donors (Lipinski definition) is 1. The Hall–Kier alpha value is -1.07. The summed E-state index contributed by atoms with van der Waals surface area (Å²) in [6.07, 6.45) is 2.48. The van der Waals surface area contributed by atoms with E-state index < -0.39 is 0 Å². The molecule has 0 radical (unpaired) electrons. The molecule has 2 rings (SSSR count). The van der Waals surface area contributed by atoms with Gasteiger partial charge in [0.05, 0.1) is 13.5 Å². The number of thioether (sulfide) groups is 1. The highest BCUT2D eigenvalue weighted by atomic mass is 32.2. The van der Waals surface area contributed by atoms with Crippen molar-refractivity contribution in [3.8, 4) is 0 Å². The Morgan fingerprint density at radius 2 is 2.24 bits per heavy atom. The Kier molecular flexibility index (Phi) is 5.65. The van der Waals surface area contributed by atoms with Crippen LogP contribution < -0.4 is 5.32 Å². The summed E-state index contributed by atoms with van der Waals surface area (Å²) in [7, 11) is 1.41. The largest absolute Gasteiger partial charge is 0.469 e. The minimum atomic E-state index is -0.177. The number of hydrogen-bond acceptors (Lipinski definition) is 4. The summed E-state index contributed by atoms with van der Waals surface area (Å²) >= 11 is 1.52. The molecule has 21 heavy (non-hydrogen) atoms. The first-order valence-electron chi connectivity index (χ1n) is 7.28. The Morgan fingerprint density at radius 3 is 2.86 bits per heavy atom. The zero-order valence-electron chi connectivity index (χ0n) is 12.6. The van der Waals surface area contributed by atoms with Gasteiger partial charge < -0.3 is 10.1 Å². The van der Waals surface area contributed by atoms with Crippen molar-refractivity contribution >= 4 is 17.7 Å². The van der Waals surface area contributed by atoms with Crippen LogP contribution in [0.2, 0.25) is 0 Å². The first kappa shape index (κ1) is 16.3. The number of benzene rings is 1. The van der Waals surface area contributed by atoms with Crippen LogP contribution >= 0.6 is 11.8 Å². The second-order valence-electron chi connectivity index (χ2n) is 5.55. The van der Waals surface area contributed by atoms with E-state index in [2.05, 4.69) is 5.32 Å². The van der Waals surface area contributed by atoms with Gasteiger partial charge >= 0.3 is 5.97 Å². The van der Waals surface area contributed by atoms with Gasteiger partial charge in [-0.1, -0.05) is 19.1 Å². The number of carbonyl (C=O) groups excluding carboxylic acids is 1. The van der Waals surface area contributed by atoms with Crippen LogP contribution in [0.1, 0.15) is 31.7 Å². The molecule has 1 aliphatic carbocycles. The van der Waals surface area contributed by atoms with E-state index >= 15 is 0 Å². The van der Waals surface area contributed by atoms with Crippen LogP contribution in [0.3, 0.4) is 0 Å². The topological polar surface area (TPSA) is 38.3 Å². The van der Waals surface area contributed by atoms with Gasteiger partial charge in [-0.05, 0) is 36.4 Å². The zero-order valence-corrected chi connectivity index (χ0v) is 13.4. The lowest BCUT2D eigenvalue weighted by Gasteiger charge is -2.15. The minimum Gasteiger partial charge on any atom is -0.469 e. The average molecular weight is 311 g/mol. The predicted octanol–water partition coefficient (Wildman–Crippen LogP) is 3.37. The van der Waals surface area contributed by atoms with Gasteiger partial charge in [0.1, 0.15) is 5.82 Å². The van der Waals surface area contributed by atoms with Gasteiger partial charge in [0.2, 0.25) is 0 Å². The first-order chi connectivity index (χ1) is 10.1. The molecule has 0 aliphatic heterocycles. The normalized spacial score (nSPS) is 15.8.